The van der Waals surface area contributed by atoms with Crippen molar-refractivity contribution in [3.63, 3.8) is 0 Å². The van der Waals surface area contributed by atoms with Crippen LogP contribution in [0.3, 0.4) is 0 Å². The number of benzene rings is 1. The molecule has 1 aliphatic rings. The topological polar surface area (TPSA) is 58.4 Å². The number of thioether (sulfide) groups is 1. The molecule has 1 N–H and O–H groups in total. The van der Waals surface area contributed by atoms with Crippen LogP contribution in [-0.4, -0.2) is 44.7 Å². The molecule has 1 aromatic rings. The number of piperidine rings is 1. The minimum Gasteiger partial charge on any atom is -0.381 e. The first-order chi connectivity index (χ1) is 11.7. The molecular weight excluding hydrogens is 456 g/mol. The second-order valence-corrected chi connectivity index (χ2v) is 9.39. The van der Waals surface area contributed by atoms with Gasteiger partial charge in [0.15, 0.2) is 0 Å². The number of hydrogen-bond acceptors (Lipinski definition) is 5. The van der Waals surface area contributed by atoms with Crippen molar-refractivity contribution in [3.05, 3.63) is 28.1 Å². The average Bonchev–Trinajstić information content (AvgIpc) is 2.54. The number of hydrogen-bond donors (Lipinski definition) is 1. The quantitative estimate of drug-likeness (QED) is 0.205. The van der Waals surface area contributed by atoms with Crippen LogP contribution in [0, 0.1) is 15.9 Å². The number of nitro benzene ring substituents is 1. The minimum absolute atomic E-state index is 0.154. The van der Waals surface area contributed by atoms with Gasteiger partial charge in [-0.25, -0.2) is 0 Å². The average molecular weight is 481 g/mol. The van der Waals surface area contributed by atoms with Crippen LogP contribution >= 0.6 is 34.4 Å². The predicted octanol–water partition coefficient (Wildman–Crippen LogP) is 4.94. The van der Waals surface area contributed by atoms with Gasteiger partial charge in [0.25, 0.3) is 0 Å². The summed E-state index contributed by atoms with van der Waals surface area (Å²) in [7, 11) is 0. The van der Waals surface area contributed by atoms with Gasteiger partial charge in [-0.15, -0.1) is 11.8 Å². The van der Waals surface area contributed by atoms with E-state index in [0.717, 1.165) is 41.0 Å². The SMILES string of the molecule is CC(C)(C)N1CCC(Nc2cc([N+](=O)[O-])c(F)cc2SCCI)CC1. The summed E-state index contributed by atoms with van der Waals surface area (Å²) in [5.74, 6) is 0.0728. The zero-order chi connectivity index (χ0) is 18.6. The monoisotopic (exact) mass is 481 g/mol. The number of alkyl halides is 1. The molecule has 1 heterocycles. The highest BCUT2D eigenvalue weighted by atomic mass is 127. The van der Waals surface area contributed by atoms with Crippen molar-refractivity contribution < 1.29 is 9.31 Å². The van der Waals surface area contributed by atoms with E-state index in [1.165, 1.54) is 23.9 Å². The second kappa shape index (κ2) is 8.85. The van der Waals surface area contributed by atoms with Crippen molar-refractivity contribution in [1.29, 1.82) is 0 Å². The third kappa shape index (κ3) is 5.68. The first-order valence-corrected chi connectivity index (χ1v) is 10.9. The molecule has 0 radical (unpaired) electrons. The third-order valence-corrected chi connectivity index (χ3v) is 6.71. The zero-order valence-electron chi connectivity index (χ0n) is 14.8. The summed E-state index contributed by atoms with van der Waals surface area (Å²) in [6.45, 7) is 8.61. The summed E-state index contributed by atoms with van der Waals surface area (Å²) < 4.78 is 14.9. The van der Waals surface area contributed by atoms with E-state index in [-0.39, 0.29) is 11.6 Å². The third-order valence-electron chi connectivity index (χ3n) is 4.38. The maximum atomic E-state index is 14.0. The number of anilines is 1. The molecule has 0 amide bonds. The Bertz CT molecular complexity index is 617. The number of likely N-dealkylation sites (tertiary alicyclic amines) is 1. The molecule has 1 aromatic carbocycles. The Morgan fingerprint density at radius 3 is 2.56 bits per heavy atom. The molecule has 0 unspecified atom stereocenters. The van der Waals surface area contributed by atoms with Crippen molar-refractivity contribution in [1.82, 2.24) is 4.90 Å². The van der Waals surface area contributed by atoms with E-state index in [0.29, 0.717) is 5.69 Å². The molecule has 0 atom stereocenters. The van der Waals surface area contributed by atoms with E-state index in [1.54, 1.807) is 0 Å². The maximum absolute atomic E-state index is 14.0. The fourth-order valence-corrected chi connectivity index (χ4v) is 4.40. The van der Waals surface area contributed by atoms with E-state index < -0.39 is 16.4 Å². The van der Waals surface area contributed by atoms with Crippen LogP contribution in [0.1, 0.15) is 33.6 Å². The largest absolute Gasteiger partial charge is 0.381 e. The molecule has 25 heavy (non-hydrogen) atoms. The highest BCUT2D eigenvalue weighted by Crippen LogP contribution is 2.35. The summed E-state index contributed by atoms with van der Waals surface area (Å²) in [4.78, 5) is 13.6. The molecule has 2 rings (SSSR count). The van der Waals surface area contributed by atoms with Crippen LogP contribution in [0.2, 0.25) is 0 Å². The minimum atomic E-state index is -0.769. The van der Waals surface area contributed by atoms with Crippen LogP contribution in [0.15, 0.2) is 17.0 Å². The number of rotatable bonds is 6. The molecular formula is C17H25FIN3O2S. The van der Waals surface area contributed by atoms with Gasteiger partial charge in [0.05, 0.1) is 10.6 Å². The van der Waals surface area contributed by atoms with Gasteiger partial charge in [0.1, 0.15) is 0 Å². The highest BCUT2D eigenvalue weighted by molar-refractivity contribution is 14.1. The van der Waals surface area contributed by atoms with Crippen molar-refractivity contribution in [3.8, 4) is 0 Å². The Kier molecular flexibility index (Phi) is 7.33. The van der Waals surface area contributed by atoms with Gasteiger partial charge in [-0.3, -0.25) is 15.0 Å². The summed E-state index contributed by atoms with van der Waals surface area (Å²) in [6, 6.07) is 2.89. The molecule has 1 saturated heterocycles. The van der Waals surface area contributed by atoms with E-state index >= 15 is 0 Å². The van der Waals surface area contributed by atoms with Gasteiger partial charge in [0.2, 0.25) is 5.82 Å². The lowest BCUT2D eigenvalue weighted by Crippen LogP contribution is -2.48. The molecule has 0 saturated carbocycles. The smallest absolute Gasteiger partial charge is 0.306 e. The van der Waals surface area contributed by atoms with Crippen LogP contribution in [0.4, 0.5) is 15.8 Å². The van der Waals surface area contributed by atoms with Gasteiger partial charge in [-0.05, 0) is 39.7 Å². The number of nitrogens with one attached hydrogen (secondary N) is 1. The molecule has 0 aromatic heterocycles. The normalized spacial score (nSPS) is 16.8. The van der Waals surface area contributed by atoms with Crippen LogP contribution in [0.25, 0.3) is 0 Å². The lowest BCUT2D eigenvalue weighted by molar-refractivity contribution is -0.387. The summed E-state index contributed by atoms with van der Waals surface area (Å²) in [5, 5.41) is 14.5. The number of nitro groups is 1. The lowest BCUT2D eigenvalue weighted by atomic mass is 9.98. The van der Waals surface area contributed by atoms with E-state index in [9.17, 15) is 14.5 Å². The molecule has 0 spiro atoms. The summed E-state index contributed by atoms with van der Waals surface area (Å²) in [5.41, 5.74) is 0.367. The molecule has 8 heteroatoms. The fraction of sp³-hybridized carbons (Fsp3) is 0.647. The van der Waals surface area contributed by atoms with Gasteiger partial charge >= 0.3 is 5.69 Å². The Balaban J connectivity index is 2.14. The van der Waals surface area contributed by atoms with Gasteiger partial charge < -0.3 is 5.32 Å². The van der Waals surface area contributed by atoms with E-state index in [1.807, 2.05) is 0 Å². The first kappa shape index (κ1) is 20.7. The Hall–Kier alpha value is -0.610. The highest BCUT2D eigenvalue weighted by Gasteiger charge is 2.28. The molecule has 1 aliphatic heterocycles. The Morgan fingerprint density at radius 2 is 2.04 bits per heavy atom. The van der Waals surface area contributed by atoms with Crippen LogP contribution in [0.5, 0.6) is 0 Å². The first-order valence-electron chi connectivity index (χ1n) is 8.40. The lowest BCUT2D eigenvalue weighted by Gasteiger charge is -2.41. The second-order valence-electron chi connectivity index (χ2n) is 7.17. The standard InChI is InChI=1S/C17H25FIN3O2S/c1-17(2,3)21-7-4-12(5-8-21)20-14-11-15(22(23)24)13(18)10-16(14)25-9-6-19/h10-12,20H,4-9H2,1-3H3. The van der Waals surface area contributed by atoms with E-state index in [2.05, 4.69) is 53.6 Å². The number of nitrogens with zero attached hydrogens (tertiary/aromatic N) is 2. The van der Waals surface area contributed by atoms with Crippen molar-refractivity contribution in [2.75, 3.05) is 28.6 Å². The number of halogens is 2. The van der Waals surface area contributed by atoms with Gasteiger partial charge in [0, 0.05) is 45.8 Å². The molecule has 5 nitrogen and oxygen atoms in total. The molecule has 0 aliphatic carbocycles. The van der Waals surface area contributed by atoms with E-state index in [4.69, 9.17) is 0 Å². The Labute approximate surface area is 166 Å². The molecule has 0 bridgehead atoms. The molecule has 140 valence electrons. The van der Waals surface area contributed by atoms with Crippen molar-refractivity contribution >= 4 is 45.7 Å². The van der Waals surface area contributed by atoms with Gasteiger partial charge in [-0.2, -0.15) is 4.39 Å². The summed E-state index contributed by atoms with van der Waals surface area (Å²) >= 11 is 3.80. The molecule has 1 fully saturated rings. The Morgan fingerprint density at radius 1 is 1.40 bits per heavy atom. The maximum Gasteiger partial charge on any atom is 0.306 e. The zero-order valence-corrected chi connectivity index (χ0v) is 17.8. The fourth-order valence-electron chi connectivity index (χ4n) is 2.98. The predicted molar refractivity (Wildman–Crippen MR) is 111 cm³/mol. The van der Waals surface area contributed by atoms with Gasteiger partial charge in [-0.1, -0.05) is 22.6 Å². The van der Waals surface area contributed by atoms with Crippen molar-refractivity contribution in [2.45, 2.75) is 50.1 Å². The van der Waals surface area contributed by atoms with Crippen LogP contribution < -0.4 is 5.32 Å². The summed E-state index contributed by atoms with van der Waals surface area (Å²) in [6.07, 6.45) is 1.94. The van der Waals surface area contributed by atoms with Crippen LogP contribution in [-0.2, 0) is 0 Å². The van der Waals surface area contributed by atoms with Crippen molar-refractivity contribution in [2.24, 2.45) is 0 Å².